The van der Waals surface area contributed by atoms with Gasteiger partial charge in [0.15, 0.2) is 0 Å². The third kappa shape index (κ3) is 4.17. The fraction of sp³-hybridized carbons (Fsp3) is 0.0526. The molecule has 0 aliphatic rings. The summed E-state index contributed by atoms with van der Waals surface area (Å²) < 4.78 is 0. The summed E-state index contributed by atoms with van der Waals surface area (Å²) in [6.07, 6.45) is 1.63. The predicted octanol–water partition coefficient (Wildman–Crippen LogP) is 3.95. The van der Waals surface area contributed by atoms with Crippen LogP contribution >= 0.6 is 0 Å². The van der Waals surface area contributed by atoms with Crippen molar-refractivity contribution in [3.63, 3.8) is 0 Å². The molecule has 0 bridgehead atoms. The van der Waals surface area contributed by atoms with E-state index >= 15 is 0 Å². The number of nitrogens with zero attached hydrogens (tertiary/aromatic N) is 1. The smallest absolute Gasteiger partial charge is 0.274 e. The number of benzene rings is 2. The Bertz CT molecular complexity index is 773. The van der Waals surface area contributed by atoms with Gasteiger partial charge in [-0.25, -0.2) is 0 Å². The number of carbonyl (C=O) groups excluding carboxylic acids is 1. The molecule has 0 spiro atoms. The minimum Gasteiger partial charge on any atom is -0.381 e. The lowest BCUT2D eigenvalue weighted by molar-refractivity contribution is 0.102. The second-order valence-corrected chi connectivity index (χ2v) is 5.09. The first-order valence-corrected chi connectivity index (χ1v) is 7.41. The zero-order chi connectivity index (χ0) is 15.9. The highest BCUT2D eigenvalue weighted by atomic mass is 16.1. The SMILES string of the molecule is O=C(Nc1ccccc1)c1cc(NCc2ccccc2)ccn1. The molecule has 0 aliphatic carbocycles. The van der Waals surface area contributed by atoms with Crippen LogP contribution in [-0.4, -0.2) is 10.9 Å². The molecular formula is C19H17N3O. The number of anilines is 2. The second kappa shape index (κ2) is 7.22. The van der Waals surface area contributed by atoms with Gasteiger partial charge in [-0.15, -0.1) is 0 Å². The highest BCUT2D eigenvalue weighted by molar-refractivity contribution is 6.03. The molecule has 2 N–H and O–H groups in total. The fourth-order valence-corrected chi connectivity index (χ4v) is 2.18. The van der Waals surface area contributed by atoms with Crippen LogP contribution in [0.5, 0.6) is 0 Å². The highest BCUT2D eigenvalue weighted by Gasteiger charge is 2.08. The molecule has 114 valence electrons. The average molecular weight is 303 g/mol. The van der Waals surface area contributed by atoms with Crippen molar-refractivity contribution < 1.29 is 4.79 Å². The van der Waals surface area contributed by atoms with Gasteiger partial charge in [-0.1, -0.05) is 48.5 Å². The number of aromatic nitrogens is 1. The van der Waals surface area contributed by atoms with Crippen LogP contribution in [0.3, 0.4) is 0 Å². The Labute approximate surface area is 135 Å². The lowest BCUT2D eigenvalue weighted by Crippen LogP contribution is -2.14. The van der Waals surface area contributed by atoms with Gasteiger partial charge < -0.3 is 10.6 Å². The number of rotatable bonds is 5. The van der Waals surface area contributed by atoms with E-state index in [1.165, 1.54) is 5.56 Å². The van der Waals surface area contributed by atoms with E-state index < -0.39 is 0 Å². The van der Waals surface area contributed by atoms with Gasteiger partial charge in [0.25, 0.3) is 5.91 Å². The Balaban J connectivity index is 1.66. The quantitative estimate of drug-likeness (QED) is 0.750. The number of para-hydroxylation sites is 1. The first-order chi connectivity index (χ1) is 11.3. The summed E-state index contributed by atoms with van der Waals surface area (Å²) in [4.78, 5) is 16.4. The molecule has 0 saturated carbocycles. The molecule has 1 amide bonds. The van der Waals surface area contributed by atoms with Crippen LogP contribution in [0.4, 0.5) is 11.4 Å². The maximum atomic E-state index is 12.2. The number of nitrogens with one attached hydrogen (secondary N) is 2. The molecule has 1 heterocycles. The summed E-state index contributed by atoms with van der Waals surface area (Å²) in [7, 11) is 0. The van der Waals surface area contributed by atoms with Crippen LogP contribution < -0.4 is 10.6 Å². The van der Waals surface area contributed by atoms with Crippen LogP contribution in [0.2, 0.25) is 0 Å². The molecule has 0 fully saturated rings. The lowest BCUT2D eigenvalue weighted by Gasteiger charge is -2.08. The van der Waals surface area contributed by atoms with Crippen molar-refractivity contribution in [3.05, 3.63) is 90.3 Å². The van der Waals surface area contributed by atoms with Gasteiger partial charge in [0.1, 0.15) is 5.69 Å². The van der Waals surface area contributed by atoms with Gasteiger partial charge in [0.2, 0.25) is 0 Å². The van der Waals surface area contributed by atoms with Crippen molar-refractivity contribution >= 4 is 17.3 Å². The van der Waals surface area contributed by atoms with E-state index in [2.05, 4.69) is 27.8 Å². The van der Waals surface area contributed by atoms with Crippen LogP contribution in [-0.2, 0) is 6.54 Å². The molecule has 0 atom stereocenters. The monoisotopic (exact) mass is 303 g/mol. The number of carbonyl (C=O) groups is 1. The molecule has 0 radical (unpaired) electrons. The molecular weight excluding hydrogens is 286 g/mol. The summed E-state index contributed by atoms with van der Waals surface area (Å²) in [5, 5.41) is 6.13. The van der Waals surface area contributed by atoms with Crippen molar-refractivity contribution in [3.8, 4) is 0 Å². The molecule has 23 heavy (non-hydrogen) atoms. The molecule has 4 heteroatoms. The maximum Gasteiger partial charge on any atom is 0.274 e. The van der Waals surface area contributed by atoms with Crippen molar-refractivity contribution in [1.29, 1.82) is 0 Å². The summed E-state index contributed by atoms with van der Waals surface area (Å²) in [6, 6.07) is 23.0. The first-order valence-electron chi connectivity index (χ1n) is 7.41. The zero-order valence-corrected chi connectivity index (χ0v) is 12.6. The van der Waals surface area contributed by atoms with Gasteiger partial charge in [0.05, 0.1) is 0 Å². The largest absolute Gasteiger partial charge is 0.381 e. The average Bonchev–Trinajstić information content (AvgIpc) is 2.62. The van der Waals surface area contributed by atoms with E-state index in [-0.39, 0.29) is 5.91 Å². The lowest BCUT2D eigenvalue weighted by atomic mass is 10.2. The number of hydrogen-bond acceptors (Lipinski definition) is 3. The van der Waals surface area contributed by atoms with Crippen LogP contribution in [0.1, 0.15) is 16.1 Å². The van der Waals surface area contributed by atoms with Gasteiger partial charge in [-0.3, -0.25) is 9.78 Å². The predicted molar refractivity (Wildman–Crippen MR) is 92.4 cm³/mol. The normalized spacial score (nSPS) is 10.1. The molecule has 3 rings (SSSR count). The topological polar surface area (TPSA) is 54.0 Å². The highest BCUT2D eigenvalue weighted by Crippen LogP contribution is 2.12. The summed E-state index contributed by atoms with van der Waals surface area (Å²) >= 11 is 0. The fourth-order valence-electron chi connectivity index (χ4n) is 2.18. The van der Waals surface area contributed by atoms with Gasteiger partial charge in [0, 0.05) is 24.1 Å². The van der Waals surface area contributed by atoms with Crippen molar-refractivity contribution in [1.82, 2.24) is 4.98 Å². The van der Waals surface area contributed by atoms with Gasteiger partial charge in [-0.05, 0) is 29.8 Å². The molecule has 0 unspecified atom stereocenters. The molecule has 0 aliphatic heterocycles. The van der Waals surface area contributed by atoms with Gasteiger partial charge in [-0.2, -0.15) is 0 Å². The molecule has 1 aromatic heterocycles. The zero-order valence-electron chi connectivity index (χ0n) is 12.6. The van der Waals surface area contributed by atoms with E-state index in [9.17, 15) is 4.79 Å². The van der Waals surface area contributed by atoms with Crippen LogP contribution in [0, 0.1) is 0 Å². The first kappa shape index (κ1) is 14.8. The summed E-state index contributed by atoms with van der Waals surface area (Å²) in [5.41, 5.74) is 3.18. The van der Waals surface area contributed by atoms with Crippen molar-refractivity contribution in [2.45, 2.75) is 6.54 Å². The number of pyridine rings is 1. The van der Waals surface area contributed by atoms with E-state index in [0.29, 0.717) is 12.2 Å². The number of amides is 1. The molecule has 3 aromatic rings. The van der Waals surface area contributed by atoms with Crippen LogP contribution in [0.25, 0.3) is 0 Å². The second-order valence-electron chi connectivity index (χ2n) is 5.09. The molecule has 4 nitrogen and oxygen atoms in total. The maximum absolute atomic E-state index is 12.2. The Morgan fingerprint density at radius 1 is 0.870 bits per heavy atom. The third-order valence-corrected chi connectivity index (χ3v) is 3.36. The Hall–Kier alpha value is -3.14. The van der Waals surface area contributed by atoms with Crippen LogP contribution in [0.15, 0.2) is 79.0 Å². The summed E-state index contributed by atoms with van der Waals surface area (Å²) in [6.45, 7) is 0.699. The van der Waals surface area contributed by atoms with Gasteiger partial charge >= 0.3 is 0 Å². The minimum absolute atomic E-state index is 0.223. The van der Waals surface area contributed by atoms with E-state index in [0.717, 1.165) is 11.4 Å². The standard InChI is InChI=1S/C19H17N3O/c23-19(22-16-9-5-2-6-10-16)18-13-17(11-12-20-18)21-14-15-7-3-1-4-8-15/h1-13H,14H2,(H,20,21)(H,22,23). The number of hydrogen-bond donors (Lipinski definition) is 2. The Morgan fingerprint density at radius 2 is 1.57 bits per heavy atom. The minimum atomic E-state index is -0.223. The molecule has 2 aromatic carbocycles. The Kier molecular flexibility index (Phi) is 4.64. The van der Waals surface area contributed by atoms with Crippen molar-refractivity contribution in [2.75, 3.05) is 10.6 Å². The third-order valence-electron chi connectivity index (χ3n) is 3.36. The van der Waals surface area contributed by atoms with Crippen molar-refractivity contribution in [2.24, 2.45) is 0 Å². The van der Waals surface area contributed by atoms with E-state index in [1.807, 2.05) is 54.6 Å². The van der Waals surface area contributed by atoms with E-state index in [1.54, 1.807) is 12.3 Å². The van der Waals surface area contributed by atoms with E-state index in [4.69, 9.17) is 0 Å². The summed E-state index contributed by atoms with van der Waals surface area (Å²) in [5.74, 6) is -0.223. The molecule has 0 saturated heterocycles. The Morgan fingerprint density at radius 3 is 2.30 bits per heavy atom.